The highest BCUT2D eigenvalue weighted by Gasteiger charge is 2.85. The van der Waals surface area contributed by atoms with Crippen LogP contribution < -0.4 is 11.1 Å². The Labute approximate surface area is 301 Å². The van der Waals surface area contributed by atoms with Crippen LogP contribution in [-0.2, 0) is 18.9 Å². The SMILES string of the molecule is CC(C)[C@@H](OC(=O)N(C)C)C1C[C@@H](C)[C@H]2[C@@H](O1)[C@H](O)[C@@]1(N)C3CC[C@H]4C(C)(C)[C@@H](O[C@H]5CN(CC6CNC6)CCO5)CC[C@@]45C[C@@]35CC[C@]21C. The molecule has 0 aromatic carbocycles. The number of hydrogen-bond donors (Lipinski definition) is 3. The van der Waals surface area contributed by atoms with Gasteiger partial charge >= 0.3 is 6.09 Å². The van der Waals surface area contributed by atoms with Crippen LogP contribution in [0.5, 0.6) is 0 Å². The lowest BCUT2D eigenvalue weighted by molar-refractivity contribution is -0.247. The summed E-state index contributed by atoms with van der Waals surface area (Å²) in [5.41, 5.74) is 7.44. The van der Waals surface area contributed by atoms with E-state index in [0.717, 1.165) is 77.4 Å². The van der Waals surface area contributed by atoms with Gasteiger partial charge in [0.05, 0.1) is 36.6 Å². The molecule has 0 aromatic rings. The van der Waals surface area contributed by atoms with Crippen LogP contribution in [0.4, 0.5) is 4.79 Å². The van der Waals surface area contributed by atoms with E-state index in [1.54, 1.807) is 14.1 Å². The maximum Gasteiger partial charge on any atom is 0.409 e. The molecule has 0 aromatic heterocycles. The number of amides is 1. The lowest BCUT2D eigenvalue weighted by atomic mass is 9.43. The summed E-state index contributed by atoms with van der Waals surface area (Å²) in [5, 5.41) is 16.0. The van der Waals surface area contributed by atoms with E-state index in [4.69, 9.17) is 24.7 Å². The van der Waals surface area contributed by atoms with Gasteiger partial charge < -0.3 is 40.0 Å². The molecule has 3 aliphatic heterocycles. The van der Waals surface area contributed by atoms with Gasteiger partial charge in [-0.05, 0) is 109 Å². The molecule has 4 N–H and O–H groups in total. The molecule has 14 atom stereocenters. The lowest BCUT2D eigenvalue weighted by Gasteiger charge is -2.63. The van der Waals surface area contributed by atoms with E-state index >= 15 is 0 Å². The second kappa shape index (κ2) is 12.3. The molecule has 0 bridgehead atoms. The van der Waals surface area contributed by atoms with Crippen molar-refractivity contribution in [1.29, 1.82) is 0 Å². The van der Waals surface area contributed by atoms with Crippen molar-refractivity contribution in [3.63, 3.8) is 0 Å². The van der Waals surface area contributed by atoms with Crippen LogP contribution >= 0.6 is 0 Å². The number of ether oxygens (including phenoxy) is 4. The number of rotatable bonds is 7. The number of aliphatic hydroxyl groups excluding tert-OH is 1. The molecule has 1 amide bonds. The summed E-state index contributed by atoms with van der Waals surface area (Å²) in [6.45, 7) is 19.9. The van der Waals surface area contributed by atoms with Crippen LogP contribution in [0.25, 0.3) is 0 Å². The van der Waals surface area contributed by atoms with Gasteiger partial charge in [0.15, 0.2) is 6.29 Å². The standard InChI is InChI=1S/C40H68N4O6/c1-23(2)32(50-35(46)43(7)8)26-17-24(3)31-33(48-26)34(45)40(41)28-10-9-27-36(4,5)29(11-12-38(27)22-39(28,38)14-13-37(31,40)6)49-30-21-44(15-16-47-30)20-25-18-42-19-25/h23-34,42,45H,9-22,41H2,1-8H3/t24-,26?,27+,28?,29+,30+,31+,32-,33-,34+,37-,38-,39+,40+/m1/s1. The second-order valence-electron chi connectivity index (χ2n) is 19.9. The first-order valence-electron chi connectivity index (χ1n) is 20.3. The van der Waals surface area contributed by atoms with Crippen molar-refractivity contribution in [1.82, 2.24) is 15.1 Å². The third kappa shape index (κ3) is 5.00. The number of nitrogens with two attached hydrogens (primary N) is 1. The molecule has 10 nitrogen and oxygen atoms in total. The highest BCUT2D eigenvalue weighted by molar-refractivity contribution is 5.67. The molecule has 5 saturated carbocycles. The van der Waals surface area contributed by atoms with Gasteiger partial charge in [0.1, 0.15) is 6.10 Å². The first-order valence-corrected chi connectivity index (χ1v) is 20.3. The highest BCUT2D eigenvalue weighted by atomic mass is 16.7. The monoisotopic (exact) mass is 701 g/mol. The minimum absolute atomic E-state index is 0.0434. The lowest BCUT2D eigenvalue weighted by Crippen LogP contribution is -2.70. The van der Waals surface area contributed by atoms with Crippen molar-refractivity contribution in [2.24, 2.45) is 62.9 Å². The number of hydrogen-bond acceptors (Lipinski definition) is 9. The molecule has 3 saturated heterocycles. The number of carbonyl (C=O) groups excluding carboxylic acids is 1. The predicted octanol–water partition coefficient (Wildman–Crippen LogP) is 4.48. The van der Waals surface area contributed by atoms with E-state index in [2.05, 4.69) is 51.8 Å². The Hall–Kier alpha value is -1.01. The molecule has 0 radical (unpaired) electrons. The number of nitrogens with zero attached hydrogens (tertiary/aromatic N) is 2. The van der Waals surface area contributed by atoms with Gasteiger partial charge in [0.2, 0.25) is 0 Å². The van der Waals surface area contributed by atoms with Gasteiger partial charge in [-0.1, -0.05) is 41.5 Å². The number of aliphatic hydroxyl groups is 1. The molecular formula is C40H68N4O6. The zero-order valence-corrected chi connectivity index (χ0v) is 32.3. The normalized spacial score (nSPS) is 50.2. The van der Waals surface area contributed by atoms with Crippen LogP contribution in [0.15, 0.2) is 0 Å². The highest BCUT2D eigenvalue weighted by Crippen LogP contribution is 2.87. The fourth-order valence-electron chi connectivity index (χ4n) is 14.2. The van der Waals surface area contributed by atoms with Crippen molar-refractivity contribution >= 4 is 6.09 Å². The minimum Gasteiger partial charge on any atom is -0.443 e. The van der Waals surface area contributed by atoms with Crippen LogP contribution in [-0.4, -0.2) is 117 Å². The van der Waals surface area contributed by atoms with Gasteiger partial charge in [-0.25, -0.2) is 4.79 Å². The fourth-order valence-corrected chi connectivity index (χ4v) is 14.2. The van der Waals surface area contributed by atoms with Crippen molar-refractivity contribution in [3.8, 4) is 0 Å². The quantitative estimate of drug-likeness (QED) is 0.354. The molecule has 10 heteroatoms. The van der Waals surface area contributed by atoms with Gasteiger partial charge in [-0.2, -0.15) is 0 Å². The fraction of sp³-hybridized carbons (Fsp3) is 0.975. The van der Waals surface area contributed by atoms with Crippen LogP contribution in [0.2, 0.25) is 0 Å². The minimum atomic E-state index is -0.744. The number of carbonyl (C=O) groups is 1. The molecule has 5 aliphatic carbocycles. The molecule has 284 valence electrons. The zero-order chi connectivity index (χ0) is 35.6. The molecule has 8 rings (SSSR count). The number of fused-ring (bicyclic) bond motifs is 4. The smallest absolute Gasteiger partial charge is 0.409 e. The summed E-state index contributed by atoms with van der Waals surface area (Å²) < 4.78 is 26.1. The van der Waals surface area contributed by atoms with E-state index in [1.165, 1.54) is 24.2 Å². The van der Waals surface area contributed by atoms with Gasteiger partial charge in [-0.3, -0.25) is 4.90 Å². The Morgan fingerprint density at radius 1 is 1.08 bits per heavy atom. The van der Waals surface area contributed by atoms with E-state index in [0.29, 0.717) is 11.8 Å². The van der Waals surface area contributed by atoms with Crippen LogP contribution in [0.1, 0.15) is 92.9 Å². The Kier molecular flexibility index (Phi) is 8.82. The topological polar surface area (TPSA) is 119 Å². The summed E-state index contributed by atoms with van der Waals surface area (Å²) in [7, 11) is 3.43. The van der Waals surface area contributed by atoms with Crippen molar-refractivity contribution in [3.05, 3.63) is 0 Å². The summed E-state index contributed by atoms with van der Waals surface area (Å²) in [6, 6.07) is 0. The van der Waals surface area contributed by atoms with E-state index < -0.39 is 11.6 Å². The third-order valence-corrected chi connectivity index (χ3v) is 16.7. The van der Waals surface area contributed by atoms with E-state index in [9.17, 15) is 9.90 Å². The van der Waals surface area contributed by atoms with Gasteiger partial charge in [0.25, 0.3) is 0 Å². The molecular weight excluding hydrogens is 632 g/mol. The van der Waals surface area contributed by atoms with Gasteiger partial charge in [-0.15, -0.1) is 0 Å². The summed E-state index contributed by atoms with van der Waals surface area (Å²) in [4.78, 5) is 16.7. The third-order valence-electron chi connectivity index (χ3n) is 16.7. The first kappa shape index (κ1) is 36.0. The molecule has 3 heterocycles. The predicted molar refractivity (Wildman–Crippen MR) is 191 cm³/mol. The van der Waals surface area contributed by atoms with Crippen LogP contribution in [0.3, 0.4) is 0 Å². The van der Waals surface area contributed by atoms with Crippen molar-refractivity contribution in [2.45, 2.75) is 135 Å². The molecule has 2 unspecified atom stereocenters. The molecule has 8 aliphatic rings. The van der Waals surface area contributed by atoms with Gasteiger partial charge in [0, 0.05) is 46.8 Å². The summed E-state index contributed by atoms with van der Waals surface area (Å²) in [6.07, 6.45) is 6.68. The summed E-state index contributed by atoms with van der Waals surface area (Å²) >= 11 is 0. The van der Waals surface area contributed by atoms with Crippen molar-refractivity contribution in [2.75, 3.05) is 53.4 Å². The zero-order valence-electron chi connectivity index (χ0n) is 32.3. The average molecular weight is 701 g/mol. The Morgan fingerprint density at radius 2 is 1.80 bits per heavy atom. The maximum absolute atomic E-state index is 12.7. The Balaban J connectivity index is 1.00. The summed E-state index contributed by atoms with van der Waals surface area (Å²) in [5.74, 6) is 2.19. The maximum atomic E-state index is 12.7. The van der Waals surface area contributed by atoms with Crippen molar-refractivity contribution < 1.29 is 28.8 Å². The second-order valence-corrected chi connectivity index (χ2v) is 19.9. The molecule has 50 heavy (non-hydrogen) atoms. The average Bonchev–Trinajstić information content (AvgIpc) is 3.67. The largest absolute Gasteiger partial charge is 0.443 e. The number of morpholine rings is 1. The first-order chi connectivity index (χ1) is 23.6. The molecule has 8 fully saturated rings. The van der Waals surface area contributed by atoms with Crippen LogP contribution in [0, 0.1) is 57.2 Å². The molecule has 2 spiro atoms. The number of nitrogens with one attached hydrogen (secondary N) is 1. The Morgan fingerprint density at radius 3 is 2.48 bits per heavy atom. The van der Waals surface area contributed by atoms with E-state index in [-0.39, 0.29) is 76.2 Å². The Bertz CT molecular complexity index is 1310. The van der Waals surface area contributed by atoms with E-state index in [1.807, 2.05) is 0 Å².